The van der Waals surface area contributed by atoms with E-state index in [2.05, 4.69) is 20.8 Å². The van der Waals surface area contributed by atoms with Crippen LogP contribution in [-0.2, 0) is 10.2 Å². The average Bonchev–Trinajstić information content (AvgIpc) is 2.41. The van der Waals surface area contributed by atoms with Crippen LogP contribution in [0.15, 0.2) is 18.2 Å². The number of hydrogen-bond donors (Lipinski definition) is 0. The van der Waals surface area contributed by atoms with Gasteiger partial charge < -0.3 is 0 Å². The third-order valence-corrected chi connectivity index (χ3v) is 4.59. The highest BCUT2D eigenvalue weighted by molar-refractivity contribution is 5.79. The minimum atomic E-state index is -0.207. The summed E-state index contributed by atoms with van der Waals surface area (Å²) in [5.41, 5.74) is 1.53. The van der Waals surface area contributed by atoms with E-state index in [0.717, 1.165) is 18.4 Å². The summed E-state index contributed by atoms with van der Waals surface area (Å²) in [6.07, 6.45) is 3.27. The van der Waals surface area contributed by atoms with Gasteiger partial charge in [-0.15, -0.1) is 0 Å². The quantitative estimate of drug-likeness (QED) is 0.670. The summed E-state index contributed by atoms with van der Waals surface area (Å²) < 4.78 is 13.5. The van der Waals surface area contributed by atoms with Crippen LogP contribution in [-0.4, -0.2) is 5.78 Å². The molecule has 2 atom stereocenters. The number of carbonyl (C=O) groups is 1. The summed E-state index contributed by atoms with van der Waals surface area (Å²) in [5.74, 6) is 0.492. The third kappa shape index (κ3) is 3.68. The fourth-order valence-corrected chi connectivity index (χ4v) is 2.85. The molecule has 0 heterocycles. The lowest BCUT2D eigenvalue weighted by atomic mass is 9.67. The standard InChI is InChI=1S/C18H27FO/c1-6-8-14(4)18(5,12-16(20)7-2)15-9-10-17(19)13(3)11-15/h9-11,14H,6-8,12H2,1-5H3. The second-order valence-corrected chi connectivity index (χ2v) is 6.14. The molecule has 1 rings (SSSR count). The first-order valence-corrected chi connectivity index (χ1v) is 7.63. The number of carbonyl (C=O) groups excluding carboxylic acids is 1. The Morgan fingerprint density at radius 2 is 2.00 bits per heavy atom. The number of aryl methyl sites for hydroxylation is 1. The van der Waals surface area contributed by atoms with Gasteiger partial charge in [-0.1, -0.05) is 52.7 Å². The molecule has 2 heteroatoms. The molecule has 20 heavy (non-hydrogen) atoms. The van der Waals surface area contributed by atoms with Gasteiger partial charge in [0.1, 0.15) is 11.6 Å². The van der Waals surface area contributed by atoms with Crippen LogP contribution in [0.2, 0.25) is 0 Å². The number of Topliss-reactive ketones (excluding diaryl/α,β-unsaturated/α-hetero) is 1. The van der Waals surface area contributed by atoms with Crippen LogP contribution in [0, 0.1) is 18.7 Å². The summed E-state index contributed by atoms with van der Waals surface area (Å²) in [5, 5.41) is 0. The molecule has 1 aromatic carbocycles. The van der Waals surface area contributed by atoms with Crippen molar-refractivity contribution in [1.29, 1.82) is 0 Å². The smallest absolute Gasteiger partial charge is 0.133 e. The van der Waals surface area contributed by atoms with Crippen molar-refractivity contribution >= 4 is 5.78 Å². The van der Waals surface area contributed by atoms with Gasteiger partial charge in [0.2, 0.25) is 0 Å². The lowest BCUT2D eigenvalue weighted by molar-refractivity contribution is -0.120. The summed E-state index contributed by atoms with van der Waals surface area (Å²) in [7, 11) is 0. The molecule has 1 nitrogen and oxygen atoms in total. The molecule has 0 amide bonds. The molecule has 0 N–H and O–H groups in total. The number of benzene rings is 1. The van der Waals surface area contributed by atoms with Crippen LogP contribution in [0.4, 0.5) is 4.39 Å². The van der Waals surface area contributed by atoms with Crippen LogP contribution in [0.25, 0.3) is 0 Å². The molecule has 2 unspecified atom stereocenters. The number of hydrogen-bond acceptors (Lipinski definition) is 1. The number of rotatable bonds is 7. The van der Waals surface area contributed by atoms with Crippen LogP contribution < -0.4 is 0 Å². The highest BCUT2D eigenvalue weighted by atomic mass is 19.1. The van der Waals surface area contributed by atoms with E-state index in [-0.39, 0.29) is 17.0 Å². The van der Waals surface area contributed by atoms with Crippen molar-refractivity contribution in [3.05, 3.63) is 35.1 Å². The molecular formula is C18H27FO. The molecule has 0 aliphatic rings. The molecule has 1 aromatic rings. The highest BCUT2D eigenvalue weighted by Crippen LogP contribution is 2.39. The maximum Gasteiger partial charge on any atom is 0.133 e. The zero-order valence-corrected chi connectivity index (χ0v) is 13.4. The summed E-state index contributed by atoms with van der Waals surface area (Å²) in [6, 6.07) is 5.28. The summed E-state index contributed by atoms with van der Waals surface area (Å²) in [4.78, 5) is 12.0. The van der Waals surface area contributed by atoms with Crippen molar-refractivity contribution in [2.45, 2.75) is 65.7 Å². The molecule has 0 radical (unpaired) electrons. The second-order valence-electron chi connectivity index (χ2n) is 6.14. The first-order chi connectivity index (χ1) is 9.35. The molecular weight excluding hydrogens is 251 g/mol. The molecule has 0 bridgehead atoms. The van der Waals surface area contributed by atoms with Gasteiger partial charge in [-0.2, -0.15) is 0 Å². The van der Waals surface area contributed by atoms with Gasteiger partial charge >= 0.3 is 0 Å². The Hall–Kier alpha value is -1.18. The SMILES string of the molecule is CCCC(C)C(C)(CC(=O)CC)c1ccc(F)c(C)c1. The molecule has 0 aliphatic carbocycles. The van der Waals surface area contributed by atoms with Crippen molar-refractivity contribution in [1.82, 2.24) is 0 Å². The fraction of sp³-hybridized carbons (Fsp3) is 0.611. The summed E-state index contributed by atoms with van der Waals surface area (Å²) >= 11 is 0. The Labute approximate surface area is 122 Å². The number of halogens is 1. The first-order valence-electron chi connectivity index (χ1n) is 7.63. The molecule has 0 saturated carbocycles. The van der Waals surface area contributed by atoms with Crippen molar-refractivity contribution in [2.75, 3.05) is 0 Å². The topological polar surface area (TPSA) is 17.1 Å². The van der Waals surface area contributed by atoms with Gasteiger partial charge in [-0.25, -0.2) is 4.39 Å². The fourth-order valence-electron chi connectivity index (χ4n) is 2.85. The molecule has 0 aromatic heterocycles. The average molecular weight is 278 g/mol. The van der Waals surface area contributed by atoms with Crippen LogP contribution in [0.3, 0.4) is 0 Å². The Morgan fingerprint density at radius 1 is 1.35 bits per heavy atom. The van der Waals surface area contributed by atoms with E-state index in [1.807, 2.05) is 19.1 Å². The maximum absolute atomic E-state index is 13.5. The van der Waals surface area contributed by atoms with E-state index >= 15 is 0 Å². The minimum Gasteiger partial charge on any atom is -0.300 e. The van der Waals surface area contributed by atoms with E-state index < -0.39 is 0 Å². The summed E-state index contributed by atoms with van der Waals surface area (Å²) in [6.45, 7) is 10.2. The molecule has 0 fully saturated rings. The minimum absolute atomic E-state index is 0.180. The van der Waals surface area contributed by atoms with E-state index in [0.29, 0.717) is 24.3 Å². The van der Waals surface area contributed by atoms with Gasteiger partial charge in [0.05, 0.1) is 0 Å². The zero-order valence-electron chi connectivity index (χ0n) is 13.4. The van der Waals surface area contributed by atoms with Crippen LogP contribution in [0.5, 0.6) is 0 Å². The lowest BCUT2D eigenvalue weighted by Gasteiger charge is -2.36. The van der Waals surface area contributed by atoms with Crippen molar-refractivity contribution in [3.63, 3.8) is 0 Å². The normalized spacial score (nSPS) is 15.7. The van der Waals surface area contributed by atoms with E-state index in [1.54, 1.807) is 6.92 Å². The van der Waals surface area contributed by atoms with Gasteiger partial charge in [0.15, 0.2) is 0 Å². The Bertz CT molecular complexity index is 466. The maximum atomic E-state index is 13.5. The Balaban J connectivity index is 3.20. The zero-order chi connectivity index (χ0) is 15.3. The van der Waals surface area contributed by atoms with E-state index in [1.165, 1.54) is 6.07 Å². The number of ketones is 1. The molecule has 0 aliphatic heterocycles. The highest BCUT2D eigenvalue weighted by Gasteiger charge is 2.34. The largest absolute Gasteiger partial charge is 0.300 e. The van der Waals surface area contributed by atoms with Crippen LogP contribution in [0.1, 0.15) is 64.5 Å². The van der Waals surface area contributed by atoms with Crippen molar-refractivity contribution < 1.29 is 9.18 Å². The lowest BCUT2D eigenvalue weighted by Crippen LogP contribution is -2.33. The Morgan fingerprint density at radius 3 is 2.50 bits per heavy atom. The molecule has 0 spiro atoms. The van der Waals surface area contributed by atoms with Gasteiger partial charge in [0, 0.05) is 18.3 Å². The first kappa shape index (κ1) is 16.9. The second kappa shape index (κ2) is 7.01. The molecule has 112 valence electrons. The molecule has 0 saturated heterocycles. The Kier molecular flexibility index (Phi) is 5.91. The van der Waals surface area contributed by atoms with E-state index in [9.17, 15) is 9.18 Å². The van der Waals surface area contributed by atoms with Crippen molar-refractivity contribution in [3.8, 4) is 0 Å². The van der Waals surface area contributed by atoms with Crippen molar-refractivity contribution in [2.24, 2.45) is 5.92 Å². The predicted octanol–water partition coefficient (Wildman–Crippen LogP) is 5.20. The third-order valence-electron chi connectivity index (χ3n) is 4.59. The van der Waals surface area contributed by atoms with Gasteiger partial charge in [0.25, 0.3) is 0 Å². The monoisotopic (exact) mass is 278 g/mol. The van der Waals surface area contributed by atoms with Crippen LogP contribution >= 0.6 is 0 Å². The predicted molar refractivity (Wildman–Crippen MR) is 82.5 cm³/mol. The van der Waals surface area contributed by atoms with Gasteiger partial charge in [-0.05, 0) is 30.0 Å². The van der Waals surface area contributed by atoms with Gasteiger partial charge in [-0.3, -0.25) is 4.79 Å². The van der Waals surface area contributed by atoms with E-state index in [4.69, 9.17) is 0 Å².